The van der Waals surface area contributed by atoms with Gasteiger partial charge in [-0.25, -0.2) is 0 Å². The number of nitrogens with one attached hydrogen (secondary N) is 1. The summed E-state index contributed by atoms with van der Waals surface area (Å²) in [6, 6.07) is 13.0. The first-order valence-corrected chi connectivity index (χ1v) is 12.8. The number of halogens is 1. The van der Waals surface area contributed by atoms with Crippen molar-refractivity contribution in [2.24, 2.45) is 5.92 Å². The van der Waals surface area contributed by atoms with Gasteiger partial charge in [-0.1, -0.05) is 35.0 Å². The Hall–Kier alpha value is -3.10. The monoisotopic (exact) mass is 512 g/mol. The third kappa shape index (κ3) is 6.56. The van der Waals surface area contributed by atoms with Crippen molar-refractivity contribution in [3.8, 4) is 22.9 Å². The fourth-order valence-electron chi connectivity index (χ4n) is 4.42. The molecule has 0 radical (unpaired) electrons. The molecule has 36 heavy (non-hydrogen) atoms. The Morgan fingerprint density at radius 1 is 1.19 bits per heavy atom. The van der Waals surface area contributed by atoms with Gasteiger partial charge in [-0.3, -0.25) is 9.69 Å². The lowest BCUT2D eigenvalue weighted by atomic mass is 9.96. The van der Waals surface area contributed by atoms with Crippen LogP contribution in [0.1, 0.15) is 51.1 Å². The molecule has 0 aliphatic carbocycles. The van der Waals surface area contributed by atoms with Crippen LogP contribution in [0.2, 0.25) is 5.02 Å². The van der Waals surface area contributed by atoms with E-state index < -0.39 is 0 Å². The molecule has 1 aliphatic rings. The number of hydrogen-bond acceptors (Lipinski definition) is 7. The fourth-order valence-corrected chi connectivity index (χ4v) is 4.61. The Kier molecular flexibility index (Phi) is 8.83. The molecule has 1 aliphatic heterocycles. The minimum Gasteiger partial charge on any atom is -0.490 e. The van der Waals surface area contributed by atoms with E-state index >= 15 is 0 Å². The first-order chi connectivity index (χ1) is 17.5. The van der Waals surface area contributed by atoms with Crippen molar-refractivity contribution in [1.29, 1.82) is 0 Å². The van der Waals surface area contributed by atoms with Gasteiger partial charge in [0.25, 0.3) is 0 Å². The SMILES string of the molecule is CCOc1ccc(C(C)NC(=O)C2CCCN(Cc3nc(-c4cccc(Cl)c4)no3)C2)cc1OCC. The first-order valence-electron chi connectivity index (χ1n) is 12.5. The third-order valence-corrected chi connectivity index (χ3v) is 6.45. The maximum atomic E-state index is 13.1. The number of nitrogens with zero attached hydrogens (tertiary/aromatic N) is 3. The van der Waals surface area contributed by atoms with Gasteiger partial charge in [-0.15, -0.1) is 0 Å². The summed E-state index contributed by atoms with van der Waals surface area (Å²) in [5, 5.41) is 7.89. The standard InChI is InChI=1S/C27H33ClN4O4/c1-4-34-23-12-11-19(15-24(23)35-5-2)18(3)29-27(33)21-9-7-13-32(16-21)17-25-30-26(31-36-25)20-8-6-10-22(28)14-20/h6,8,10-12,14-15,18,21H,4-5,7,9,13,16-17H2,1-3H3,(H,29,33). The molecule has 9 heteroatoms. The van der Waals surface area contributed by atoms with Crippen LogP contribution in [0.25, 0.3) is 11.4 Å². The summed E-state index contributed by atoms with van der Waals surface area (Å²) in [6.45, 7) is 9.00. The number of aromatic nitrogens is 2. The molecule has 2 unspecified atom stereocenters. The van der Waals surface area contributed by atoms with Crippen LogP contribution < -0.4 is 14.8 Å². The zero-order valence-electron chi connectivity index (χ0n) is 21.0. The van der Waals surface area contributed by atoms with E-state index in [4.69, 9.17) is 25.6 Å². The van der Waals surface area contributed by atoms with Gasteiger partial charge < -0.3 is 19.3 Å². The second-order valence-corrected chi connectivity index (χ2v) is 9.34. The normalized spacial score (nSPS) is 16.9. The maximum absolute atomic E-state index is 13.1. The maximum Gasteiger partial charge on any atom is 0.241 e. The van der Waals surface area contributed by atoms with Crippen molar-refractivity contribution in [2.75, 3.05) is 26.3 Å². The fraction of sp³-hybridized carbons (Fsp3) is 0.444. The van der Waals surface area contributed by atoms with Crippen LogP contribution in [0.15, 0.2) is 47.0 Å². The van der Waals surface area contributed by atoms with Crippen LogP contribution >= 0.6 is 11.6 Å². The molecule has 2 atom stereocenters. The molecule has 1 saturated heterocycles. The first kappa shape index (κ1) is 26.0. The Balaban J connectivity index is 1.35. The van der Waals surface area contributed by atoms with E-state index in [-0.39, 0.29) is 17.9 Å². The highest BCUT2D eigenvalue weighted by atomic mass is 35.5. The smallest absolute Gasteiger partial charge is 0.241 e. The van der Waals surface area contributed by atoms with E-state index in [1.165, 1.54) is 0 Å². The topological polar surface area (TPSA) is 89.7 Å². The number of carbonyl (C=O) groups is 1. The van der Waals surface area contributed by atoms with Crippen LogP contribution in [-0.2, 0) is 11.3 Å². The van der Waals surface area contributed by atoms with E-state index in [1.54, 1.807) is 12.1 Å². The van der Waals surface area contributed by atoms with Crippen LogP contribution in [0.4, 0.5) is 0 Å². The second-order valence-electron chi connectivity index (χ2n) is 8.90. The summed E-state index contributed by atoms with van der Waals surface area (Å²) in [5.74, 6) is 2.38. The average Bonchev–Trinajstić information content (AvgIpc) is 3.34. The van der Waals surface area contributed by atoms with Gasteiger partial charge in [0.05, 0.1) is 31.7 Å². The molecule has 0 saturated carbocycles. The predicted octanol–water partition coefficient (Wildman–Crippen LogP) is 5.28. The van der Waals surface area contributed by atoms with Crippen molar-refractivity contribution in [3.05, 3.63) is 58.9 Å². The summed E-state index contributed by atoms with van der Waals surface area (Å²) in [4.78, 5) is 19.8. The highest BCUT2D eigenvalue weighted by Crippen LogP contribution is 2.31. The second kappa shape index (κ2) is 12.2. The number of rotatable bonds is 10. The molecule has 2 heterocycles. The van der Waals surface area contributed by atoms with Crippen molar-refractivity contribution in [2.45, 2.75) is 46.2 Å². The van der Waals surface area contributed by atoms with Gasteiger partial charge in [-0.2, -0.15) is 4.98 Å². The summed E-state index contributed by atoms with van der Waals surface area (Å²) >= 11 is 6.08. The summed E-state index contributed by atoms with van der Waals surface area (Å²) < 4.78 is 16.9. The Morgan fingerprint density at radius 2 is 2.00 bits per heavy atom. The summed E-state index contributed by atoms with van der Waals surface area (Å²) in [6.07, 6.45) is 1.78. The summed E-state index contributed by atoms with van der Waals surface area (Å²) in [5.41, 5.74) is 1.78. The Labute approximate surface area is 216 Å². The number of ether oxygens (including phenoxy) is 2. The quantitative estimate of drug-likeness (QED) is 0.395. The van der Waals surface area contributed by atoms with Crippen molar-refractivity contribution >= 4 is 17.5 Å². The number of hydrogen-bond donors (Lipinski definition) is 1. The molecule has 2 aromatic carbocycles. The average molecular weight is 513 g/mol. The zero-order chi connectivity index (χ0) is 25.5. The Morgan fingerprint density at radius 3 is 2.78 bits per heavy atom. The Bertz CT molecular complexity index is 1170. The lowest BCUT2D eigenvalue weighted by Gasteiger charge is -2.31. The lowest BCUT2D eigenvalue weighted by molar-refractivity contribution is -0.127. The molecule has 0 bridgehead atoms. The van der Waals surface area contributed by atoms with Gasteiger partial charge in [0.15, 0.2) is 11.5 Å². The van der Waals surface area contributed by atoms with Crippen molar-refractivity contribution < 1.29 is 18.8 Å². The molecular weight excluding hydrogens is 480 g/mol. The van der Waals surface area contributed by atoms with E-state index in [0.29, 0.717) is 54.5 Å². The molecular formula is C27H33ClN4O4. The largest absolute Gasteiger partial charge is 0.490 e. The van der Waals surface area contributed by atoms with E-state index in [1.807, 2.05) is 51.1 Å². The van der Waals surface area contributed by atoms with E-state index in [9.17, 15) is 4.79 Å². The molecule has 0 spiro atoms. The highest BCUT2D eigenvalue weighted by molar-refractivity contribution is 6.30. The van der Waals surface area contributed by atoms with E-state index in [2.05, 4.69) is 20.4 Å². The van der Waals surface area contributed by atoms with Gasteiger partial charge in [0.2, 0.25) is 17.6 Å². The van der Waals surface area contributed by atoms with Crippen LogP contribution in [0.3, 0.4) is 0 Å². The molecule has 1 N–H and O–H groups in total. The molecule has 1 fully saturated rings. The third-order valence-electron chi connectivity index (χ3n) is 6.21. The summed E-state index contributed by atoms with van der Waals surface area (Å²) in [7, 11) is 0. The number of likely N-dealkylation sites (tertiary alicyclic amines) is 1. The molecule has 8 nitrogen and oxygen atoms in total. The highest BCUT2D eigenvalue weighted by Gasteiger charge is 2.28. The van der Waals surface area contributed by atoms with Crippen molar-refractivity contribution in [3.63, 3.8) is 0 Å². The molecule has 1 aromatic heterocycles. The van der Waals surface area contributed by atoms with Crippen LogP contribution in [0.5, 0.6) is 11.5 Å². The number of amides is 1. The zero-order valence-corrected chi connectivity index (χ0v) is 21.8. The van der Waals surface area contributed by atoms with Gasteiger partial charge in [-0.05, 0) is 70.0 Å². The number of carbonyl (C=O) groups excluding carboxylic acids is 1. The molecule has 3 aromatic rings. The minimum absolute atomic E-state index is 0.0455. The van der Waals surface area contributed by atoms with Gasteiger partial charge in [0, 0.05) is 17.1 Å². The van der Waals surface area contributed by atoms with Crippen LogP contribution in [-0.4, -0.2) is 47.3 Å². The molecule has 192 valence electrons. The van der Waals surface area contributed by atoms with Gasteiger partial charge in [0.1, 0.15) is 0 Å². The number of piperidine rings is 1. The van der Waals surface area contributed by atoms with Crippen molar-refractivity contribution in [1.82, 2.24) is 20.4 Å². The van der Waals surface area contributed by atoms with E-state index in [0.717, 1.165) is 30.5 Å². The lowest BCUT2D eigenvalue weighted by Crippen LogP contribution is -2.43. The number of benzene rings is 2. The molecule has 4 rings (SSSR count). The van der Waals surface area contributed by atoms with Crippen LogP contribution in [0, 0.1) is 5.92 Å². The predicted molar refractivity (Wildman–Crippen MR) is 138 cm³/mol. The minimum atomic E-state index is -0.154. The van der Waals surface area contributed by atoms with Gasteiger partial charge >= 0.3 is 0 Å². The molecule has 1 amide bonds.